The Hall–Kier alpha value is -9.38. The van der Waals surface area contributed by atoms with Gasteiger partial charge in [0.25, 0.3) is 11.4 Å². The van der Waals surface area contributed by atoms with E-state index in [1.165, 1.54) is 22.8 Å². The smallest absolute Gasteiger partial charge is 0.299 e. The van der Waals surface area contributed by atoms with Gasteiger partial charge in [0.2, 0.25) is 0 Å². The van der Waals surface area contributed by atoms with Crippen molar-refractivity contribution in [1.29, 1.82) is 0 Å². The van der Waals surface area contributed by atoms with Crippen LogP contribution in [0.1, 0.15) is 33.4 Å². The summed E-state index contributed by atoms with van der Waals surface area (Å²) in [7, 11) is 0. The molecule has 4 N–H and O–H groups in total. The lowest BCUT2D eigenvalue weighted by Crippen LogP contribution is -2.00. The largest absolute Gasteiger partial charge is 0.397 e. The number of aromatic amines is 2. The molecule has 6 aromatic carbocycles. The Morgan fingerprint density at radius 1 is 0.522 bits per heavy atom. The predicted octanol–water partition coefficient (Wildman–Crippen LogP) is 11.0. The molecular formula is C52H45N13O4. The third-order valence-corrected chi connectivity index (χ3v) is 11.9. The van der Waals surface area contributed by atoms with Gasteiger partial charge in [-0.25, -0.2) is 19.9 Å². The molecule has 12 rings (SSSR count). The predicted molar refractivity (Wildman–Crippen MR) is 270 cm³/mol. The maximum atomic E-state index is 11.3. The number of nitro groups is 2. The molecule has 6 heterocycles. The summed E-state index contributed by atoms with van der Waals surface area (Å²) in [6.45, 7) is 8.84. The van der Waals surface area contributed by atoms with Crippen molar-refractivity contribution in [2.24, 2.45) is 0 Å². The third-order valence-electron chi connectivity index (χ3n) is 11.9. The summed E-state index contributed by atoms with van der Waals surface area (Å²) < 4.78 is 4.07. The van der Waals surface area contributed by atoms with Crippen LogP contribution < -0.4 is 5.73 Å². The van der Waals surface area contributed by atoms with Crippen molar-refractivity contribution >= 4 is 83.0 Å². The molecule has 6 aromatic heterocycles. The molecule has 0 saturated heterocycles. The number of benzene rings is 6. The number of imidazole rings is 4. The van der Waals surface area contributed by atoms with Gasteiger partial charge in [-0.05, 0) is 105 Å². The Kier molecular flexibility index (Phi) is 12.5. The van der Waals surface area contributed by atoms with Gasteiger partial charge in [-0.15, -0.1) is 0 Å². The van der Waals surface area contributed by atoms with Gasteiger partial charge >= 0.3 is 0 Å². The first-order valence-corrected chi connectivity index (χ1v) is 21.9. The van der Waals surface area contributed by atoms with Crippen LogP contribution in [0.15, 0.2) is 153 Å². The molecule has 0 bridgehead atoms. The minimum atomic E-state index is -0.404. The van der Waals surface area contributed by atoms with E-state index >= 15 is 0 Å². The zero-order valence-corrected chi connectivity index (χ0v) is 38.0. The molecule has 0 aliphatic carbocycles. The first-order chi connectivity index (χ1) is 33.4. The van der Waals surface area contributed by atoms with E-state index in [0.29, 0.717) is 34.2 Å². The van der Waals surface area contributed by atoms with Crippen LogP contribution in [0.5, 0.6) is 0 Å². The fraction of sp³-hybridized carbons (Fsp3) is 0.115. The van der Waals surface area contributed by atoms with E-state index < -0.39 is 4.92 Å². The number of para-hydroxylation sites is 2. The molecule has 69 heavy (non-hydrogen) atoms. The number of rotatable bonds is 6. The highest BCUT2D eigenvalue weighted by atomic mass is 16.6. The average molecular weight is 916 g/mol. The van der Waals surface area contributed by atoms with Gasteiger partial charge in [-0.2, -0.15) is 0 Å². The van der Waals surface area contributed by atoms with Crippen molar-refractivity contribution in [2.45, 2.75) is 40.8 Å². The Labute approximate surface area is 393 Å². The van der Waals surface area contributed by atoms with Crippen molar-refractivity contribution in [3.63, 3.8) is 0 Å². The van der Waals surface area contributed by atoms with Gasteiger partial charge in [0.15, 0.2) is 11.0 Å². The number of fused-ring (bicyclic) bond motifs is 6. The van der Waals surface area contributed by atoms with Gasteiger partial charge in [-0.3, -0.25) is 30.2 Å². The molecule has 0 fully saturated rings. The van der Waals surface area contributed by atoms with Gasteiger partial charge in [0.1, 0.15) is 5.52 Å². The maximum absolute atomic E-state index is 11.3. The number of nitrogens with two attached hydrogens (primary N) is 1. The summed E-state index contributed by atoms with van der Waals surface area (Å²) in [4.78, 5) is 52.7. The lowest BCUT2D eigenvalue weighted by atomic mass is 10.1. The van der Waals surface area contributed by atoms with Crippen molar-refractivity contribution in [2.75, 3.05) is 5.73 Å². The number of nitrogens with zero attached hydrogens (tertiary/aromatic N) is 10. The van der Waals surface area contributed by atoms with Crippen LogP contribution in [0, 0.1) is 47.9 Å². The molecule has 17 heteroatoms. The molecule has 0 amide bonds. The zero-order chi connectivity index (χ0) is 48.2. The van der Waals surface area contributed by atoms with E-state index in [9.17, 15) is 20.2 Å². The van der Waals surface area contributed by atoms with Crippen molar-refractivity contribution in [3.8, 4) is 0 Å². The summed E-state index contributed by atoms with van der Waals surface area (Å²) in [5, 5.41) is 24.3. The Bertz CT molecular complexity index is 3840. The van der Waals surface area contributed by atoms with Gasteiger partial charge in [-0.1, -0.05) is 60.7 Å². The molecule has 17 nitrogen and oxygen atoms in total. The normalized spacial score (nSPS) is 11.0. The Morgan fingerprint density at radius 3 is 1.67 bits per heavy atom. The highest BCUT2D eigenvalue weighted by molar-refractivity contribution is 5.90. The number of H-pyrrole nitrogens is 2. The van der Waals surface area contributed by atoms with E-state index in [0.717, 1.165) is 67.4 Å². The first-order valence-electron chi connectivity index (χ1n) is 21.9. The molecule has 0 atom stereocenters. The topological polar surface area (TPSA) is 231 Å². The van der Waals surface area contributed by atoms with Crippen molar-refractivity contribution in [3.05, 3.63) is 207 Å². The minimum Gasteiger partial charge on any atom is -0.397 e. The number of nitrogens with one attached hydrogen (secondary N) is 2. The van der Waals surface area contributed by atoms with Crippen molar-refractivity contribution < 1.29 is 9.85 Å². The Morgan fingerprint density at radius 2 is 1.04 bits per heavy atom. The number of nitro benzene ring substituents is 2. The lowest BCUT2D eigenvalue weighted by Gasteiger charge is -2.08. The highest BCUT2D eigenvalue weighted by Crippen LogP contribution is 2.30. The quantitative estimate of drug-likeness (QED) is 0.0806. The molecule has 0 radical (unpaired) electrons. The van der Waals surface area contributed by atoms with Crippen LogP contribution in [0.25, 0.3) is 65.9 Å². The van der Waals surface area contributed by atoms with E-state index in [1.54, 1.807) is 50.9 Å². The standard InChI is InChI=1S/C18H14N4O2.C18H16N4.C8H7N3O2.C8H8N2/c1-12-6-7-16-17(18(12)22(23)24)20-11-21(16)10-13-8-9-19-15-5-3-2-4-14(13)15;1-12-6-7-16-18(17(12)19)21-11-22(16)10-13-8-9-20-15-5-3-2-4-14(13)15;1-5-2-3-6-7(10-4-9-6)8(5)11(12)13;1-6-2-3-7-8(4-6)10-5-9-7/h2-9,11H,10H2,1H3;2-9,11H,10,19H2,1H3;2-4H,1H3,(H,9,10);2-5H,1H3,(H,9,10). The van der Waals surface area contributed by atoms with Crippen LogP contribution in [-0.2, 0) is 13.1 Å². The minimum absolute atomic E-state index is 0.0748. The van der Waals surface area contributed by atoms with E-state index in [-0.39, 0.29) is 16.3 Å². The summed E-state index contributed by atoms with van der Waals surface area (Å²) >= 11 is 0. The number of pyridine rings is 2. The molecule has 0 saturated carbocycles. The molecule has 0 spiro atoms. The number of aryl methyl sites for hydroxylation is 4. The van der Waals surface area contributed by atoms with Crippen LogP contribution in [-0.4, -0.2) is 58.9 Å². The maximum Gasteiger partial charge on any atom is 0.299 e. The number of hydrogen-bond donors (Lipinski definition) is 3. The summed E-state index contributed by atoms with van der Waals surface area (Å²) in [6.07, 6.45) is 10.3. The number of hydrogen-bond acceptors (Lipinski definition) is 11. The average Bonchev–Trinajstić information content (AvgIpc) is 4.19. The van der Waals surface area contributed by atoms with Gasteiger partial charge < -0.3 is 24.8 Å². The monoisotopic (exact) mass is 915 g/mol. The van der Waals surface area contributed by atoms with Crippen LogP contribution >= 0.6 is 0 Å². The zero-order valence-electron chi connectivity index (χ0n) is 38.0. The fourth-order valence-electron chi connectivity index (χ4n) is 8.28. The highest BCUT2D eigenvalue weighted by Gasteiger charge is 2.20. The molecule has 0 aliphatic heterocycles. The van der Waals surface area contributed by atoms with Gasteiger partial charge in [0, 0.05) is 47.4 Å². The van der Waals surface area contributed by atoms with Crippen LogP contribution in [0.3, 0.4) is 0 Å². The fourth-order valence-corrected chi connectivity index (χ4v) is 8.28. The summed E-state index contributed by atoms with van der Waals surface area (Å²) in [6, 6.07) is 37.6. The second-order valence-corrected chi connectivity index (χ2v) is 16.4. The second kappa shape index (κ2) is 19.2. The number of anilines is 1. The van der Waals surface area contributed by atoms with Crippen LogP contribution in [0.2, 0.25) is 0 Å². The second-order valence-electron chi connectivity index (χ2n) is 16.4. The van der Waals surface area contributed by atoms with Crippen LogP contribution in [0.4, 0.5) is 17.1 Å². The molecule has 0 unspecified atom stereocenters. The summed E-state index contributed by atoms with van der Waals surface area (Å²) in [5.41, 5.74) is 21.3. The van der Waals surface area contributed by atoms with E-state index in [2.05, 4.69) is 81.7 Å². The lowest BCUT2D eigenvalue weighted by molar-refractivity contribution is -0.383. The number of nitrogen functional groups attached to an aromatic ring is 1. The Balaban J connectivity index is 0.000000121. The van der Waals surface area contributed by atoms with Gasteiger partial charge in [0.05, 0.1) is 79.5 Å². The SMILES string of the molecule is Cc1ccc2[nH]cnc2c1[N+](=O)[O-].Cc1ccc2c(ncn2Cc2ccnc3ccccc23)c1N.Cc1ccc2c(ncn2Cc2ccnc3ccccc23)c1[N+](=O)[O-].Cc1ccc2nc[nH]c2c1. The third kappa shape index (κ3) is 9.24. The molecular weight excluding hydrogens is 871 g/mol. The number of aromatic nitrogens is 10. The summed E-state index contributed by atoms with van der Waals surface area (Å²) in [5.74, 6) is 0. The van der Waals surface area contributed by atoms with E-state index in [4.69, 9.17) is 5.73 Å². The van der Waals surface area contributed by atoms with Crippen molar-refractivity contribution in [1.82, 2.24) is 49.0 Å². The molecule has 342 valence electrons. The first kappa shape index (κ1) is 44.8. The molecule has 12 aromatic rings. The van der Waals surface area contributed by atoms with E-state index in [1.807, 2.05) is 90.7 Å². The molecule has 0 aliphatic rings.